The SMILES string of the molecule is Cc1nc2ncnn2c(C)c1CCC(=O)NC1COc2cccc(F)c21. The molecule has 0 spiro atoms. The van der Waals surface area contributed by atoms with Crippen LogP contribution < -0.4 is 10.1 Å². The number of halogens is 1. The van der Waals surface area contributed by atoms with Gasteiger partial charge in [-0.25, -0.2) is 13.9 Å². The molecule has 3 heterocycles. The smallest absolute Gasteiger partial charge is 0.252 e. The Morgan fingerprint density at radius 3 is 3.12 bits per heavy atom. The summed E-state index contributed by atoms with van der Waals surface area (Å²) in [6.07, 6.45) is 2.24. The molecule has 0 saturated carbocycles. The number of carbonyl (C=O) groups is 1. The van der Waals surface area contributed by atoms with Crippen LogP contribution in [0.25, 0.3) is 5.78 Å². The molecule has 3 aromatic rings. The molecule has 2 aromatic heterocycles. The summed E-state index contributed by atoms with van der Waals surface area (Å²) in [7, 11) is 0. The van der Waals surface area contributed by atoms with Gasteiger partial charge in [0.2, 0.25) is 5.91 Å². The first-order valence-corrected chi connectivity index (χ1v) is 8.41. The molecule has 0 aliphatic carbocycles. The fourth-order valence-corrected chi connectivity index (χ4v) is 3.37. The molecule has 1 unspecified atom stereocenters. The standard InChI is InChI=1S/C18H18FN5O2/c1-10-12(11(2)24-18(22-10)20-9-21-24)6-7-16(25)23-14-8-26-15-5-3-4-13(19)17(14)15/h3-5,9,14H,6-8H2,1-2H3,(H,23,25). The van der Waals surface area contributed by atoms with Gasteiger partial charge in [0, 0.05) is 17.8 Å². The van der Waals surface area contributed by atoms with Crippen molar-refractivity contribution in [3.8, 4) is 5.75 Å². The van der Waals surface area contributed by atoms with Crippen molar-refractivity contribution in [2.45, 2.75) is 32.7 Å². The highest BCUT2D eigenvalue weighted by molar-refractivity contribution is 5.77. The Morgan fingerprint density at radius 2 is 2.27 bits per heavy atom. The minimum Gasteiger partial charge on any atom is -0.491 e. The minimum atomic E-state index is -0.461. The number of fused-ring (bicyclic) bond motifs is 2. The molecule has 1 N–H and O–H groups in total. The van der Waals surface area contributed by atoms with Crippen LogP contribution in [0.3, 0.4) is 0 Å². The van der Waals surface area contributed by atoms with E-state index < -0.39 is 6.04 Å². The lowest BCUT2D eigenvalue weighted by molar-refractivity contribution is -0.121. The van der Waals surface area contributed by atoms with Crippen LogP contribution in [0.1, 0.15) is 35.0 Å². The molecule has 4 rings (SSSR count). The van der Waals surface area contributed by atoms with Gasteiger partial charge in [-0.2, -0.15) is 10.1 Å². The van der Waals surface area contributed by atoms with Crippen LogP contribution in [0.5, 0.6) is 5.75 Å². The topological polar surface area (TPSA) is 81.4 Å². The van der Waals surface area contributed by atoms with Gasteiger partial charge in [-0.15, -0.1) is 0 Å². The minimum absolute atomic E-state index is 0.160. The third-order valence-electron chi connectivity index (χ3n) is 4.69. The molecule has 0 radical (unpaired) electrons. The van der Waals surface area contributed by atoms with Gasteiger partial charge in [-0.1, -0.05) is 6.07 Å². The average molecular weight is 355 g/mol. The van der Waals surface area contributed by atoms with Crippen molar-refractivity contribution in [1.29, 1.82) is 0 Å². The number of carbonyl (C=O) groups excluding carboxylic acids is 1. The van der Waals surface area contributed by atoms with Gasteiger partial charge in [0.1, 0.15) is 24.5 Å². The number of ether oxygens (including phenoxy) is 1. The number of aromatic nitrogens is 4. The summed E-state index contributed by atoms with van der Waals surface area (Å²) < 4.78 is 21.1. The molecular formula is C18H18FN5O2. The van der Waals surface area contributed by atoms with E-state index >= 15 is 0 Å². The lowest BCUT2D eigenvalue weighted by Crippen LogP contribution is -2.30. The van der Waals surface area contributed by atoms with E-state index in [9.17, 15) is 9.18 Å². The molecular weight excluding hydrogens is 337 g/mol. The van der Waals surface area contributed by atoms with Crippen LogP contribution in [-0.4, -0.2) is 32.1 Å². The zero-order valence-electron chi connectivity index (χ0n) is 14.5. The summed E-state index contributed by atoms with van der Waals surface area (Å²) in [5, 5.41) is 7.01. The maximum atomic E-state index is 14.0. The number of rotatable bonds is 4. The summed E-state index contributed by atoms with van der Waals surface area (Å²) in [4.78, 5) is 20.9. The van der Waals surface area contributed by atoms with Crippen molar-refractivity contribution < 1.29 is 13.9 Å². The van der Waals surface area contributed by atoms with Crippen molar-refractivity contribution in [2.24, 2.45) is 0 Å². The Hall–Kier alpha value is -3.03. The van der Waals surface area contributed by atoms with E-state index in [1.165, 1.54) is 12.4 Å². The fraction of sp³-hybridized carbons (Fsp3) is 0.333. The van der Waals surface area contributed by atoms with E-state index in [-0.39, 0.29) is 24.8 Å². The number of hydrogen-bond donors (Lipinski definition) is 1. The number of nitrogens with zero attached hydrogens (tertiary/aromatic N) is 4. The average Bonchev–Trinajstić information content (AvgIpc) is 3.22. The molecule has 1 atom stereocenters. The molecule has 0 fully saturated rings. The highest BCUT2D eigenvalue weighted by atomic mass is 19.1. The monoisotopic (exact) mass is 355 g/mol. The number of hydrogen-bond acceptors (Lipinski definition) is 5. The van der Waals surface area contributed by atoms with E-state index in [4.69, 9.17) is 4.74 Å². The Morgan fingerprint density at radius 1 is 1.42 bits per heavy atom. The van der Waals surface area contributed by atoms with Gasteiger partial charge >= 0.3 is 0 Å². The van der Waals surface area contributed by atoms with Gasteiger partial charge < -0.3 is 10.1 Å². The Bertz CT molecular complexity index is 1000. The first-order valence-electron chi connectivity index (χ1n) is 8.41. The summed E-state index contributed by atoms with van der Waals surface area (Å²) in [6, 6.07) is 4.21. The lowest BCUT2D eigenvalue weighted by atomic mass is 10.0. The lowest BCUT2D eigenvalue weighted by Gasteiger charge is -2.14. The van der Waals surface area contributed by atoms with Crippen molar-refractivity contribution in [1.82, 2.24) is 24.9 Å². The predicted molar refractivity (Wildman–Crippen MR) is 91.4 cm³/mol. The first kappa shape index (κ1) is 16.4. The van der Waals surface area contributed by atoms with Gasteiger partial charge in [0.15, 0.2) is 0 Å². The number of benzene rings is 1. The third kappa shape index (κ3) is 2.77. The molecule has 8 heteroatoms. The normalized spacial score (nSPS) is 15.7. The van der Waals surface area contributed by atoms with Crippen LogP contribution in [0, 0.1) is 19.7 Å². The quantitative estimate of drug-likeness (QED) is 0.775. The predicted octanol–water partition coefficient (Wildman–Crippen LogP) is 2.06. The van der Waals surface area contributed by atoms with Gasteiger partial charge in [-0.3, -0.25) is 4.79 Å². The molecule has 0 saturated heterocycles. The molecule has 1 amide bonds. The maximum absolute atomic E-state index is 14.0. The second-order valence-electron chi connectivity index (χ2n) is 6.32. The van der Waals surface area contributed by atoms with Crippen LogP contribution in [-0.2, 0) is 11.2 Å². The second kappa shape index (κ2) is 6.36. The van der Waals surface area contributed by atoms with Gasteiger partial charge in [-0.05, 0) is 38.0 Å². The third-order valence-corrected chi connectivity index (χ3v) is 4.69. The number of amides is 1. The maximum Gasteiger partial charge on any atom is 0.252 e. The molecule has 1 aromatic carbocycles. The summed E-state index contributed by atoms with van der Waals surface area (Å²) >= 11 is 0. The zero-order valence-corrected chi connectivity index (χ0v) is 14.5. The highest BCUT2D eigenvalue weighted by Crippen LogP contribution is 2.34. The van der Waals surface area contributed by atoms with Crippen LogP contribution in [0.2, 0.25) is 0 Å². The Kier molecular flexibility index (Phi) is 4.02. The van der Waals surface area contributed by atoms with Crippen molar-refractivity contribution in [3.05, 3.63) is 52.9 Å². The van der Waals surface area contributed by atoms with Gasteiger partial charge in [0.25, 0.3) is 5.78 Å². The highest BCUT2D eigenvalue weighted by Gasteiger charge is 2.28. The van der Waals surface area contributed by atoms with Crippen LogP contribution in [0.4, 0.5) is 4.39 Å². The van der Waals surface area contributed by atoms with Crippen molar-refractivity contribution in [2.75, 3.05) is 6.61 Å². The van der Waals surface area contributed by atoms with Crippen LogP contribution >= 0.6 is 0 Å². The summed E-state index contributed by atoms with van der Waals surface area (Å²) in [5.41, 5.74) is 3.13. The molecule has 0 bridgehead atoms. The van der Waals surface area contributed by atoms with Crippen molar-refractivity contribution >= 4 is 11.7 Å². The van der Waals surface area contributed by atoms with E-state index in [1.54, 1.807) is 16.6 Å². The Balaban J connectivity index is 1.46. The number of nitrogens with one attached hydrogen (secondary N) is 1. The molecule has 1 aliphatic rings. The summed E-state index contributed by atoms with van der Waals surface area (Å²) in [5.74, 6) is 0.510. The summed E-state index contributed by atoms with van der Waals surface area (Å²) in [6.45, 7) is 4.07. The first-order chi connectivity index (χ1) is 12.5. The number of aryl methyl sites for hydroxylation is 2. The fourth-order valence-electron chi connectivity index (χ4n) is 3.37. The molecule has 1 aliphatic heterocycles. The molecule has 26 heavy (non-hydrogen) atoms. The molecule has 7 nitrogen and oxygen atoms in total. The Labute approximate surface area is 149 Å². The van der Waals surface area contributed by atoms with E-state index in [0.29, 0.717) is 23.5 Å². The van der Waals surface area contributed by atoms with E-state index in [0.717, 1.165) is 17.0 Å². The van der Waals surface area contributed by atoms with E-state index in [1.807, 2.05) is 13.8 Å². The largest absolute Gasteiger partial charge is 0.491 e. The zero-order chi connectivity index (χ0) is 18.3. The van der Waals surface area contributed by atoms with Gasteiger partial charge in [0.05, 0.1) is 11.6 Å². The molecule has 134 valence electrons. The van der Waals surface area contributed by atoms with Crippen LogP contribution in [0.15, 0.2) is 24.5 Å². The second-order valence-corrected chi connectivity index (χ2v) is 6.32. The van der Waals surface area contributed by atoms with E-state index in [2.05, 4.69) is 20.4 Å². The van der Waals surface area contributed by atoms with Crippen molar-refractivity contribution in [3.63, 3.8) is 0 Å².